The zero-order valence-electron chi connectivity index (χ0n) is 40.6. The molecule has 18 nitrogen and oxygen atoms in total. The smallest absolute Gasteiger partial charge is 0.311 e. The van der Waals surface area contributed by atoms with Gasteiger partial charge in [0, 0.05) is 24.6 Å². The molecule has 362 valence electrons. The zero-order chi connectivity index (χ0) is 48.1. The Bertz CT molecular complexity index is 1990. The second kappa shape index (κ2) is 21.4. The average Bonchev–Trinajstić information content (AvgIpc) is 3.82. The van der Waals surface area contributed by atoms with Gasteiger partial charge in [0.2, 0.25) is 5.91 Å². The number of aromatic nitrogens is 4. The van der Waals surface area contributed by atoms with Crippen LogP contribution in [0.5, 0.6) is 0 Å². The van der Waals surface area contributed by atoms with Crippen LogP contribution in [0.2, 0.25) is 0 Å². The van der Waals surface area contributed by atoms with Crippen molar-refractivity contribution < 1.29 is 57.4 Å². The van der Waals surface area contributed by atoms with Gasteiger partial charge < -0.3 is 48.5 Å². The molecule has 0 aliphatic carbocycles. The van der Waals surface area contributed by atoms with Gasteiger partial charge in [0.15, 0.2) is 18.0 Å². The summed E-state index contributed by atoms with van der Waals surface area (Å²) < 4.78 is 47.6. The number of likely N-dealkylation sites (N-methyl/N-ethyl adjacent to an activating group) is 1. The van der Waals surface area contributed by atoms with E-state index in [0.717, 1.165) is 5.57 Å². The second-order valence-electron chi connectivity index (χ2n) is 19.4. The molecule has 5 heterocycles. The quantitative estimate of drug-likeness (QED) is 0.184. The molecule has 13 atom stereocenters. The molecule has 0 saturated carbocycles. The summed E-state index contributed by atoms with van der Waals surface area (Å²) in [6, 6.07) is 4.89. The first-order chi connectivity index (χ1) is 30.5. The minimum atomic E-state index is -1.70. The van der Waals surface area contributed by atoms with E-state index >= 15 is 0 Å². The fourth-order valence-corrected chi connectivity index (χ4v) is 9.35. The minimum Gasteiger partial charge on any atom is -0.488 e. The molecule has 0 unspecified atom stereocenters. The summed E-state index contributed by atoms with van der Waals surface area (Å²) in [5.41, 5.74) is -1.65. The number of aliphatic hydroxyl groups excluding tert-OH is 1. The van der Waals surface area contributed by atoms with Crippen molar-refractivity contribution in [3.8, 4) is 0 Å². The number of carbonyl (C=O) groups is 4. The van der Waals surface area contributed by atoms with Crippen molar-refractivity contribution in [1.29, 1.82) is 0 Å². The molecule has 18 heteroatoms. The molecular formula is C47H72N6O12. The Labute approximate surface area is 383 Å². The first-order valence-electron chi connectivity index (χ1n) is 22.9. The molecule has 2 bridgehead atoms. The van der Waals surface area contributed by atoms with Crippen molar-refractivity contribution in [2.24, 2.45) is 29.6 Å². The fraction of sp³-hybridized carbons (Fsp3) is 0.723. The number of cyclic esters (lactones) is 1. The maximum atomic E-state index is 14.8. The highest BCUT2D eigenvalue weighted by Gasteiger charge is 2.58. The van der Waals surface area contributed by atoms with E-state index in [1.165, 1.54) is 4.68 Å². The number of pyridine rings is 1. The van der Waals surface area contributed by atoms with Gasteiger partial charge in [-0.1, -0.05) is 59.7 Å². The predicted octanol–water partition coefficient (Wildman–Crippen LogP) is 5.23. The van der Waals surface area contributed by atoms with Crippen LogP contribution in [0.15, 0.2) is 41.9 Å². The summed E-state index contributed by atoms with van der Waals surface area (Å²) >= 11 is 0. The van der Waals surface area contributed by atoms with Crippen LogP contribution in [0.4, 0.5) is 5.82 Å². The third-order valence-electron chi connectivity index (χ3n) is 12.9. The number of hydrogen-bond acceptors (Lipinski definition) is 16. The highest BCUT2D eigenvalue weighted by molar-refractivity contribution is 5.89. The van der Waals surface area contributed by atoms with E-state index in [0.29, 0.717) is 30.1 Å². The van der Waals surface area contributed by atoms with Crippen LogP contribution in [-0.4, -0.2) is 128 Å². The van der Waals surface area contributed by atoms with Gasteiger partial charge in [0.05, 0.1) is 48.7 Å². The standard InChI is InChI=1S/C47H72N6O12/c1-15-34-47(12,65-43(57)26(4)5)41(62-42(56)25(2)3)29(8)38-27(6)21-46(11,64-38)40(63-45-37(55)33(52(13)14)20-28(7)60-45)30(9)39(31(10)44(58)61-34)59-24-32-22-53(51-50-32)23-36(54)49-35-18-16-17-19-48-35/h16-19,22,25-26,28-31,33-34,37,39-41,45,55H,15,20-21,23-24H2,1-14H3,(H,48,49,54)/t28-,29+,30+,31-,33+,34-,37-,39+,40-,41-,45+,46-,47-/m1/s1. The molecule has 0 aromatic carbocycles. The first-order valence-corrected chi connectivity index (χ1v) is 22.9. The summed E-state index contributed by atoms with van der Waals surface area (Å²) in [5, 5.41) is 22.9. The first kappa shape index (κ1) is 51.5. The Balaban J connectivity index is 1.60. The van der Waals surface area contributed by atoms with Crippen molar-refractivity contribution in [2.45, 2.75) is 176 Å². The van der Waals surface area contributed by atoms with Crippen LogP contribution < -0.4 is 5.32 Å². The number of esters is 3. The molecule has 1 amide bonds. The number of anilines is 1. The van der Waals surface area contributed by atoms with Crippen molar-refractivity contribution in [2.75, 3.05) is 19.4 Å². The number of fused-ring (bicyclic) bond motifs is 2. The molecule has 3 aliphatic rings. The van der Waals surface area contributed by atoms with Crippen LogP contribution in [0.1, 0.15) is 108 Å². The minimum absolute atomic E-state index is 0.130. The van der Waals surface area contributed by atoms with Gasteiger partial charge in [-0.3, -0.25) is 19.2 Å². The average molecular weight is 913 g/mol. The van der Waals surface area contributed by atoms with E-state index in [2.05, 4.69) is 20.6 Å². The van der Waals surface area contributed by atoms with Gasteiger partial charge in [-0.2, -0.15) is 0 Å². The molecule has 0 radical (unpaired) electrons. The van der Waals surface area contributed by atoms with Crippen LogP contribution in [0.3, 0.4) is 0 Å². The topological polar surface area (TPSA) is 212 Å². The maximum Gasteiger partial charge on any atom is 0.311 e. The number of nitrogens with one attached hydrogen (secondary N) is 1. The maximum absolute atomic E-state index is 14.8. The van der Waals surface area contributed by atoms with Crippen LogP contribution in [0.25, 0.3) is 0 Å². The van der Waals surface area contributed by atoms with E-state index in [1.807, 2.05) is 53.6 Å². The van der Waals surface area contributed by atoms with E-state index in [9.17, 15) is 24.3 Å². The molecule has 2 saturated heterocycles. The molecule has 2 N–H and O–H groups in total. The number of hydrogen-bond donors (Lipinski definition) is 2. The molecule has 2 aromatic rings. The lowest BCUT2D eigenvalue weighted by Gasteiger charge is -2.47. The summed E-state index contributed by atoms with van der Waals surface area (Å²) in [6.45, 7) is 21.2. The van der Waals surface area contributed by atoms with Crippen molar-refractivity contribution >= 4 is 29.6 Å². The summed E-state index contributed by atoms with van der Waals surface area (Å²) in [5.74, 6) is -4.74. The van der Waals surface area contributed by atoms with Crippen LogP contribution in [-0.2, 0) is 65.5 Å². The summed E-state index contributed by atoms with van der Waals surface area (Å²) in [7, 11) is 3.79. The van der Waals surface area contributed by atoms with Crippen molar-refractivity contribution in [3.63, 3.8) is 0 Å². The Kier molecular flexibility index (Phi) is 17.0. The van der Waals surface area contributed by atoms with Crippen molar-refractivity contribution in [1.82, 2.24) is 24.9 Å². The lowest BCUT2D eigenvalue weighted by atomic mass is 9.78. The molecule has 0 spiro atoms. The van der Waals surface area contributed by atoms with E-state index in [4.69, 9.17) is 33.2 Å². The Morgan fingerprint density at radius 3 is 2.34 bits per heavy atom. The van der Waals surface area contributed by atoms with Crippen molar-refractivity contribution in [3.05, 3.63) is 47.6 Å². The largest absolute Gasteiger partial charge is 0.488 e. The molecule has 65 heavy (non-hydrogen) atoms. The lowest BCUT2D eigenvalue weighted by molar-refractivity contribution is -0.299. The van der Waals surface area contributed by atoms with Gasteiger partial charge >= 0.3 is 17.9 Å². The number of ether oxygens (including phenoxy) is 7. The summed E-state index contributed by atoms with van der Waals surface area (Å²) in [6.07, 6.45) is -2.33. The molecular weight excluding hydrogens is 841 g/mol. The third kappa shape index (κ3) is 11.9. The van der Waals surface area contributed by atoms with E-state index < -0.39 is 95.5 Å². The number of aliphatic hydroxyl groups is 1. The van der Waals surface area contributed by atoms with Gasteiger partial charge in [-0.15, -0.1) is 5.10 Å². The Morgan fingerprint density at radius 2 is 1.72 bits per heavy atom. The zero-order valence-corrected chi connectivity index (χ0v) is 40.6. The van der Waals surface area contributed by atoms with Gasteiger partial charge in [0.1, 0.15) is 47.7 Å². The normalized spacial score (nSPS) is 33.4. The highest BCUT2D eigenvalue weighted by Crippen LogP contribution is 2.48. The lowest BCUT2D eigenvalue weighted by Crippen LogP contribution is -2.59. The third-order valence-corrected chi connectivity index (χ3v) is 12.9. The number of carbonyl (C=O) groups excluding carboxylic acids is 4. The summed E-state index contributed by atoms with van der Waals surface area (Å²) in [4.78, 5) is 60.9. The molecule has 3 aliphatic heterocycles. The highest BCUT2D eigenvalue weighted by atomic mass is 16.7. The Morgan fingerprint density at radius 1 is 1.03 bits per heavy atom. The van der Waals surface area contributed by atoms with Gasteiger partial charge in [-0.25, -0.2) is 9.67 Å². The molecule has 5 rings (SSSR count). The van der Waals surface area contributed by atoms with Gasteiger partial charge in [-0.05, 0) is 79.3 Å². The number of rotatable bonds is 14. The van der Waals surface area contributed by atoms with E-state index in [-0.39, 0.29) is 37.6 Å². The molecule has 2 fully saturated rings. The van der Waals surface area contributed by atoms with E-state index in [1.54, 1.807) is 79.1 Å². The fourth-order valence-electron chi connectivity index (χ4n) is 9.35. The predicted molar refractivity (Wildman–Crippen MR) is 237 cm³/mol. The van der Waals surface area contributed by atoms with Gasteiger partial charge in [0.25, 0.3) is 0 Å². The van der Waals surface area contributed by atoms with Crippen LogP contribution >= 0.6 is 0 Å². The monoisotopic (exact) mass is 913 g/mol. The SMILES string of the molecule is CC[C@H]1OC(=O)[C@H](C)[C@@H](OCc2cn(CC(=O)Nc3ccccn3)nn2)[C@H](C)[C@@H](O[C@@H]2O[C@H](C)C[C@H](N(C)C)[C@H]2O)[C@@]2(C)CC(C)=C(O2)[C@H](C)[C@@H](OC(=O)C(C)C)[C@]1(C)OC(=O)C(C)C. The molecule has 2 aromatic heterocycles. The number of amides is 1. The number of nitrogens with zero attached hydrogens (tertiary/aromatic N) is 5. The Hall–Kier alpha value is -4.49. The second-order valence-corrected chi connectivity index (χ2v) is 19.4. The van der Waals surface area contributed by atoms with Crippen LogP contribution in [0, 0.1) is 29.6 Å².